The first-order valence-corrected chi connectivity index (χ1v) is 12.2. The van der Waals surface area contributed by atoms with Gasteiger partial charge in [-0.2, -0.15) is 0 Å². The molecule has 0 unspecified atom stereocenters. The number of nitrogens with one attached hydrogen (secondary N) is 2. The van der Waals surface area contributed by atoms with Crippen LogP contribution < -0.4 is 16.4 Å². The molecular weight excluding hydrogens is 476 g/mol. The van der Waals surface area contributed by atoms with E-state index in [-0.39, 0.29) is 17.8 Å². The molecule has 0 bridgehead atoms. The van der Waals surface area contributed by atoms with Crippen molar-refractivity contribution in [2.75, 3.05) is 11.1 Å². The molecule has 0 spiro atoms. The minimum Gasteiger partial charge on any atom is -0.368 e. The van der Waals surface area contributed by atoms with E-state index in [0.29, 0.717) is 29.0 Å². The van der Waals surface area contributed by atoms with Crippen LogP contribution in [0.4, 0.5) is 11.6 Å². The number of rotatable bonds is 5. The Morgan fingerprint density at radius 1 is 0.974 bits per heavy atom. The van der Waals surface area contributed by atoms with Crippen LogP contribution in [-0.4, -0.2) is 27.6 Å². The third kappa shape index (κ3) is 5.49. The first-order chi connectivity index (χ1) is 18.5. The lowest BCUT2D eigenvalue weighted by molar-refractivity contribution is -0.111. The summed E-state index contributed by atoms with van der Waals surface area (Å²) >= 11 is 0. The van der Waals surface area contributed by atoms with E-state index in [2.05, 4.69) is 25.6 Å². The highest BCUT2D eigenvalue weighted by Gasteiger charge is 2.13. The third-order valence-electron chi connectivity index (χ3n) is 6.08. The Morgan fingerprint density at radius 2 is 1.82 bits per heavy atom. The number of allylic oxidation sites excluding steroid dienone is 2. The van der Waals surface area contributed by atoms with Gasteiger partial charge in [-0.25, -0.2) is 15.0 Å². The number of amidine groups is 1. The maximum Gasteiger partial charge on any atom is 0.256 e. The summed E-state index contributed by atoms with van der Waals surface area (Å²) in [5, 5.41) is 6.57. The molecule has 4 aromatic rings. The Labute approximate surface area is 220 Å². The van der Waals surface area contributed by atoms with Crippen LogP contribution in [0, 0.1) is 0 Å². The van der Waals surface area contributed by atoms with E-state index in [9.17, 15) is 9.59 Å². The van der Waals surface area contributed by atoms with E-state index < -0.39 is 0 Å². The van der Waals surface area contributed by atoms with Crippen LogP contribution in [0.3, 0.4) is 0 Å². The predicted octanol–water partition coefficient (Wildman–Crippen LogP) is 5.50. The molecule has 0 saturated heterocycles. The van der Waals surface area contributed by atoms with E-state index in [1.54, 1.807) is 37.5 Å². The molecule has 5 rings (SSSR count). The Hall–Kier alpha value is -5.11. The lowest BCUT2D eigenvalue weighted by Gasteiger charge is -2.13. The lowest BCUT2D eigenvalue weighted by Crippen LogP contribution is -2.30. The van der Waals surface area contributed by atoms with Crippen LogP contribution >= 0.6 is 0 Å². The number of anilines is 2. The molecule has 8 heteroatoms. The molecule has 0 radical (unpaired) electrons. The summed E-state index contributed by atoms with van der Waals surface area (Å²) in [6.07, 6.45) is 10.1. The number of nitrogen functional groups attached to an aromatic ring is 1. The monoisotopic (exact) mass is 502 g/mol. The maximum absolute atomic E-state index is 12.7. The smallest absolute Gasteiger partial charge is 0.256 e. The molecule has 0 atom stereocenters. The quantitative estimate of drug-likeness (QED) is 0.311. The summed E-state index contributed by atoms with van der Waals surface area (Å²) in [5.74, 6) is 0.457. The number of fused-ring (bicyclic) bond motifs is 1. The number of nitrogens with two attached hydrogens (primary N) is 1. The zero-order chi connectivity index (χ0) is 26.5. The van der Waals surface area contributed by atoms with Crippen LogP contribution in [0.5, 0.6) is 0 Å². The van der Waals surface area contributed by atoms with E-state index >= 15 is 0 Å². The molecule has 38 heavy (non-hydrogen) atoms. The number of aliphatic imine (C=N–C) groups is 1. The van der Waals surface area contributed by atoms with Crippen molar-refractivity contribution in [1.29, 1.82) is 0 Å². The molecular formula is C30H26N6O2. The minimum absolute atomic E-state index is 0.178. The van der Waals surface area contributed by atoms with Crippen LogP contribution in [0.25, 0.3) is 33.2 Å². The van der Waals surface area contributed by atoms with Gasteiger partial charge in [0.2, 0.25) is 11.9 Å². The van der Waals surface area contributed by atoms with Crippen LogP contribution in [0.15, 0.2) is 96.3 Å². The Kier molecular flexibility index (Phi) is 7.04. The Morgan fingerprint density at radius 3 is 2.58 bits per heavy atom. The fourth-order valence-corrected chi connectivity index (χ4v) is 4.26. The summed E-state index contributed by atoms with van der Waals surface area (Å²) in [4.78, 5) is 37.6. The van der Waals surface area contributed by atoms with Gasteiger partial charge < -0.3 is 16.4 Å². The predicted molar refractivity (Wildman–Crippen MR) is 152 cm³/mol. The van der Waals surface area contributed by atoms with Crippen molar-refractivity contribution in [2.45, 2.75) is 19.8 Å². The molecule has 4 N–H and O–H groups in total. The first-order valence-electron chi connectivity index (χ1n) is 12.2. The number of amides is 2. The molecule has 3 aromatic carbocycles. The zero-order valence-corrected chi connectivity index (χ0v) is 20.8. The Bertz CT molecular complexity index is 1620. The van der Waals surface area contributed by atoms with Gasteiger partial charge in [0.15, 0.2) is 0 Å². The highest BCUT2D eigenvalue weighted by Crippen LogP contribution is 2.34. The van der Waals surface area contributed by atoms with E-state index in [4.69, 9.17) is 5.73 Å². The number of nitrogens with zero attached hydrogens (tertiary/aromatic N) is 3. The zero-order valence-electron chi connectivity index (χ0n) is 20.8. The van der Waals surface area contributed by atoms with Gasteiger partial charge in [0, 0.05) is 41.0 Å². The summed E-state index contributed by atoms with van der Waals surface area (Å²) < 4.78 is 0. The summed E-state index contributed by atoms with van der Waals surface area (Å²) in [6, 6.07) is 19.0. The van der Waals surface area contributed by atoms with Gasteiger partial charge in [0.25, 0.3) is 5.91 Å². The lowest BCUT2D eigenvalue weighted by atomic mass is 9.95. The maximum atomic E-state index is 12.7. The Balaban J connectivity index is 1.50. The second kappa shape index (κ2) is 10.9. The topological polar surface area (TPSA) is 122 Å². The van der Waals surface area contributed by atoms with Crippen molar-refractivity contribution < 1.29 is 9.59 Å². The van der Waals surface area contributed by atoms with E-state index in [0.717, 1.165) is 34.1 Å². The molecule has 2 heterocycles. The fourth-order valence-electron chi connectivity index (χ4n) is 4.26. The molecule has 1 aromatic heterocycles. The number of hydrogen-bond acceptors (Lipinski definition) is 6. The van der Waals surface area contributed by atoms with Gasteiger partial charge >= 0.3 is 0 Å². The van der Waals surface area contributed by atoms with Gasteiger partial charge in [-0.05, 0) is 72.5 Å². The van der Waals surface area contributed by atoms with Crippen LogP contribution in [0.1, 0.15) is 30.1 Å². The number of carbonyl (C=O) groups excluding carboxylic acids is 2. The molecule has 1 aliphatic rings. The SMILES string of the molecule is C/C=C/C(=O)Nc1cccc(-c2cc(-c3ccc(C(=O)NC4=NC=CCC4)cc3)cc3cnc(N)nc23)c1. The van der Waals surface area contributed by atoms with Crippen molar-refractivity contribution in [2.24, 2.45) is 4.99 Å². The van der Waals surface area contributed by atoms with Gasteiger partial charge in [0.1, 0.15) is 5.84 Å². The molecule has 0 fully saturated rings. The standard InChI is InChI=1S/C30H26N6O2/c1-2-6-27(37)34-24-8-5-7-21(16-24)25-17-22(15-23-18-33-30(31)36-28(23)25)19-10-12-20(13-11-19)29(38)35-26-9-3-4-14-32-26/h2,4-8,10-18H,3,9H2,1H3,(H,34,37)(H2,31,33,36)(H,32,35,38)/b6-2+. The van der Waals surface area contributed by atoms with Gasteiger partial charge in [-0.1, -0.05) is 36.4 Å². The molecule has 2 amide bonds. The molecule has 1 aliphatic heterocycles. The first kappa shape index (κ1) is 24.6. The van der Waals surface area contributed by atoms with Crippen molar-refractivity contribution in [3.05, 3.63) is 96.9 Å². The second-order valence-corrected chi connectivity index (χ2v) is 8.79. The summed E-state index contributed by atoms with van der Waals surface area (Å²) in [6.45, 7) is 1.79. The summed E-state index contributed by atoms with van der Waals surface area (Å²) in [5.41, 5.74) is 11.4. The third-order valence-corrected chi connectivity index (χ3v) is 6.08. The van der Waals surface area contributed by atoms with Gasteiger partial charge in [-0.3, -0.25) is 9.59 Å². The van der Waals surface area contributed by atoms with Crippen molar-refractivity contribution in [1.82, 2.24) is 15.3 Å². The summed E-state index contributed by atoms with van der Waals surface area (Å²) in [7, 11) is 0. The molecule has 188 valence electrons. The average molecular weight is 503 g/mol. The highest BCUT2D eigenvalue weighted by atomic mass is 16.2. The molecule has 0 aliphatic carbocycles. The normalized spacial score (nSPS) is 12.9. The van der Waals surface area contributed by atoms with Crippen molar-refractivity contribution in [3.8, 4) is 22.3 Å². The van der Waals surface area contributed by atoms with Crippen LogP contribution in [-0.2, 0) is 4.79 Å². The van der Waals surface area contributed by atoms with E-state index in [1.165, 1.54) is 6.08 Å². The number of benzene rings is 3. The van der Waals surface area contributed by atoms with Crippen LogP contribution in [0.2, 0.25) is 0 Å². The second-order valence-electron chi connectivity index (χ2n) is 8.79. The average Bonchev–Trinajstić information content (AvgIpc) is 2.93. The van der Waals surface area contributed by atoms with Gasteiger partial charge in [-0.15, -0.1) is 0 Å². The van der Waals surface area contributed by atoms with Crippen molar-refractivity contribution in [3.63, 3.8) is 0 Å². The molecule has 0 saturated carbocycles. The number of aromatic nitrogens is 2. The molecule has 8 nitrogen and oxygen atoms in total. The van der Waals surface area contributed by atoms with Gasteiger partial charge in [0.05, 0.1) is 5.52 Å². The number of hydrogen-bond donors (Lipinski definition) is 3. The highest BCUT2D eigenvalue weighted by molar-refractivity contribution is 6.07. The minimum atomic E-state index is -0.203. The largest absolute Gasteiger partial charge is 0.368 e. The fraction of sp³-hybridized carbons (Fsp3) is 0.100. The van der Waals surface area contributed by atoms with E-state index in [1.807, 2.05) is 54.6 Å². The number of carbonyl (C=O) groups is 2. The van der Waals surface area contributed by atoms with Crippen molar-refractivity contribution >= 4 is 40.2 Å².